The molecule has 114 valence electrons. The lowest BCUT2D eigenvalue weighted by molar-refractivity contribution is -0.140. The molecule has 1 aromatic carbocycles. The van der Waals surface area contributed by atoms with Gasteiger partial charge in [0.15, 0.2) is 0 Å². The molecule has 0 aliphatic heterocycles. The summed E-state index contributed by atoms with van der Waals surface area (Å²) in [6.07, 6.45) is 2.61. The molecule has 0 heterocycles. The maximum atomic E-state index is 13.3. The number of benzene rings is 1. The Morgan fingerprint density at radius 3 is 2.62 bits per heavy atom. The van der Waals surface area contributed by atoms with Crippen molar-refractivity contribution in [2.75, 3.05) is 7.11 Å². The maximum absolute atomic E-state index is 13.3. The number of hydrogen-bond donors (Lipinski definition) is 0. The van der Waals surface area contributed by atoms with E-state index < -0.39 is 0 Å². The molecule has 0 aliphatic carbocycles. The first-order chi connectivity index (χ1) is 9.97. The molecular formula is C17H22FNO2. The van der Waals surface area contributed by atoms with Crippen LogP contribution in [0.25, 0.3) is 5.70 Å². The van der Waals surface area contributed by atoms with E-state index in [1.165, 1.54) is 13.2 Å². The number of ether oxygens (including phenoxy) is 1. The predicted octanol–water partition coefficient (Wildman–Crippen LogP) is 4.30. The second-order valence-corrected chi connectivity index (χ2v) is 4.91. The fourth-order valence-corrected chi connectivity index (χ4v) is 1.95. The van der Waals surface area contributed by atoms with E-state index in [1.807, 2.05) is 0 Å². The molecule has 0 bridgehead atoms. The van der Waals surface area contributed by atoms with Crippen LogP contribution in [0, 0.1) is 12.7 Å². The highest BCUT2D eigenvalue weighted by molar-refractivity contribution is 5.91. The van der Waals surface area contributed by atoms with Gasteiger partial charge in [0, 0.05) is 5.71 Å². The third-order valence-corrected chi connectivity index (χ3v) is 3.17. The molecule has 0 atom stereocenters. The highest BCUT2D eigenvalue weighted by atomic mass is 19.1. The van der Waals surface area contributed by atoms with Gasteiger partial charge < -0.3 is 4.74 Å². The number of aryl methyl sites for hydroxylation is 1. The minimum absolute atomic E-state index is 0.241. The van der Waals surface area contributed by atoms with E-state index >= 15 is 0 Å². The first kappa shape index (κ1) is 17.1. The Labute approximate surface area is 125 Å². The molecule has 0 radical (unpaired) electrons. The van der Waals surface area contributed by atoms with Crippen LogP contribution in [-0.2, 0) is 9.53 Å². The highest BCUT2D eigenvalue weighted by Crippen LogP contribution is 2.19. The van der Waals surface area contributed by atoms with E-state index in [2.05, 4.69) is 23.2 Å². The monoisotopic (exact) mass is 291 g/mol. The number of carbonyl (C=O) groups excluding carboxylic acids is 1. The van der Waals surface area contributed by atoms with Crippen LogP contribution in [0.2, 0.25) is 0 Å². The van der Waals surface area contributed by atoms with Gasteiger partial charge in [-0.05, 0) is 49.1 Å². The summed E-state index contributed by atoms with van der Waals surface area (Å²) in [6, 6.07) is 4.81. The Bertz CT molecular complexity index is 550. The average Bonchev–Trinajstić information content (AvgIpc) is 2.47. The Morgan fingerprint density at radius 2 is 2.05 bits per heavy atom. The van der Waals surface area contributed by atoms with E-state index in [0.29, 0.717) is 24.1 Å². The lowest BCUT2D eigenvalue weighted by Crippen LogP contribution is -2.06. The minimum atomic E-state index is -0.248. The zero-order valence-electron chi connectivity index (χ0n) is 12.9. The zero-order chi connectivity index (χ0) is 15.8. The van der Waals surface area contributed by atoms with E-state index in [1.54, 1.807) is 19.1 Å². The number of halogens is 1. The van der Waals surface area contributed by atoms with Crippen molar-refractivity contribution in [1.29, 1.82) is 0 Å². The van der Waals surface area contributed by atoms with Crippen molar-refractivity contribution < 1.29 is 13.9 Å². The molecule has 1 aromatic rings. The van der Waals surface area contributed by atoms with Crippen LogP contribution in [-0.4, -0.2) is 18.8 Å². The van der Waals surface area contributed by atoms with E-state index in [4.69, 9.17) is 0 Å². The van der Waals surface area contributed by atoms with Crippen molar-refractivity contribution in [2.24, 2.45) is 4.99 Å². The quantitative estimate of drug-likeness (QED) is 0.555. The van der Waals surface area contributed by atoms with E-state index in [9.17, 15) is 9.18 Å². The molecule has 21 heavy (non-hydrogen) atoms. The lowest BCUT2D eigenvalue weighted by atomic mass is 10.1. The average molecular weight is 291 g/mol. The van der Waals surface area contributed by atoms with E-state index in [0.717, 1.165) is 24.1 Å². The standard InChI is InChI=1S/C17H22FNO2/c1-5-6-15(8-10-17(20)21-4)19-13(3)14-7-9-16(18)12(2)11-14/h7,9,11H,3,5-6,8,10H2,1-2,4H3. The largest absolute Gasteiger partial charge is 0.469 e. The summed E-state index contributed by atoms with van der Waals surface area (Å²) in [6.45, 7) is 7.70. The molecule has 0 amide bonds. The third-order valence-electron chi connectivity index (χ3n) is 3.17. The van der Waals surface area contributed by atoms with E-state index in [-0.39, 0.29) is 11.8 Å². The third kappa shape index (κ3) is 5.50. The molecule has 0 fully saturated rings. The van der Waals surface area contributed by atoms with Crippen LogP contribution in [0.3, 0.4) is 0 Å². The van der Waals surface area contributed by atoms with Crippen LogP contribution >= 0.6 is 0 Å². The summed E-state index contributed by atoms with van der Waals surface area (Å²) in [5.41, 5.74) is 2.86. The number of methoxy groups -OCH3 is 1. The summed E-state index contributed by atoms with van der Waals surface area (Å²) in [5.74, 6) is -0.489. The Balaban J connectivity index is 2.85. The first-order valence-corrected chi connectivity index (χ1v) is 7.06. The van der Waals surface area contributed by atoms with Gasteiger partial charge in [-0.2, -0.15) is 0 Å². The molecule has 0 saturated carbocycles. The summed E-state index contributed by atoms with van der Waals surface area (Å²) in [5, 5.41) is 0. The predicted molar refractivity (Wildman–Crippen MR) is 83.8 cm³/mol. The van der Waals surface area contributed by atoms with Gasteiger partial charge in [0.05, 0.1) is 19.2 Å². The fourth-order valence-electron chi connectivity index (χ4n) is 1.95. The number of nitrogens with zero attached hydrogens (tertiary/aromatic N) is 1. The Kier molecular flexibility index (Phi) is 6.79. The van der Waals surface area contributed by atoms with Gasteiger partial charge in [0.25, 0.3) is 0 Å². The second-order valence-electron chi connectivity index (χ2n) is 4.91. The molecule has 1 rings (SSSR count). The Morgan fingerprint density at radius 1 is 1.33 bits per heavy atom. The molecule has 0 aromatic heterocycles. The number of esters is 1. The zero-order valence-corrected chi connectivity index (χ0v) is 12.9. The Hall–Kier alpha value is -1.97. The van der Waals surface area contributed by atoms with Crippen LogP contribution in [0.1, 0.15) is 43.7 Å². The minimum Gasteiger partial charge on any atom is -0.469 e. The van der Waals surface area contributed by atoms with Gasteiger partial charge in [-0.25, -0.2) is 4.39 Å². The molecule has 3 nitrogen and oxygen atoms in total. The molecule has 0 spiro atoms. The number of rotatable bonds is 7. The normalized spacial score (nSPS) is 11.3. The van der Waals surface area contributed by atoms with Crippen LogP contribution in [0.4, 0.5) is 4.39 Å². The van der Waals surface area contributed by atoms with Crippen molar-refractivity contribution in [2.45, 2.75) is 39.5 Å². The molecule has 0 unspecified atom stereocenters. The highest BCUT2D eigenvalue weighted by Gasteiger charge is 2.07. The van der Waals surface area contributed by atoms with Crippen molar-refractivity contribution >= 4 is 17.4 Å². The van der Waals surface area contributed by atoms with Crippen molar-refractivity contribution in [1.82, 2.24) is 0 Å². The molecule has 0 aliphatic rings. The number of carbonyl (C=O) groups is 1. The summed E-state index contributed by atoms with van der Waals surface area (Å²) in [4.78, 5) is 15.7. The van der Waals surface area contributed by atoms with Gasteiger partial charge in [-0.3, -0.25) is 9.79 Å². The van der Waals surface area contributed by atoms with Gasteiger partial charge in [-0.15, -0.1) is 0 Å². The molecule has 0 saturated heterocycles. The summed E-state index contributed by atoms with van der Waals surface area (Å²) >= 11 is 0. The summed E-state index contributed by atoms with van der Waals surface area (Å²) < 4.78 is 17.9. The van der Waals surface area contributed by atoms with Crippen molar-refractivity contribution in [3.63, 3.8) is 0 Å². The van der Waals surface area contributed by atoms with Gasteiger partial charge in [0.2, 0.25) is 0 Å². The first-order valence-electron chi connectivity index (χ1n) is 7.06. The maximum Gasteiger partial charge on any atom is 0.305 e. The van der Waals surface area contributed by atoms with Crippen LogP contribution < -0.4 is 0 Å². The van der Waals surface area contributed by atoms with Gasteiger partial charge in [-0.1, -0.05) is 19.9 Å². The topological polar surface area (TPSA) is 38.7 Å². The summed E-state index contributed by atoms with van der Waals surface area (Å²) in [7, 11) is 1.37. The van der Waals surface area contributed by atoms with Crippen LogP contribution in [0.5, 0.6) is 0 Å². The molecule has 4 heteroatoms. The molecule has 0 N–H and O–H groups in total. The second kappa shape index (κ2) is 8.35. The van der Waals surface area contributed by atoms with Gasteiger partial charge in [0.1, 0.15) is 5.82 Å². The van der Waals surface area contributed by atoms with Crippen molar-refractivity contribution in [3.8, 4) is 0 Å². The fraction of sp³-hybridized carbons (Fsp3) is 0.412. The number of aliphatic imine (C=N–C) groups is 1. The lowest BCUT2D eigenvalue weighted by Gasteiger charge is -2.08. The van der Waals surface area contributed by atoms with Crippen LogP contribution in [0.15, 0.2) is 29.8 Å². The molecular weight excluding hydrogens is 269 g/mol. The SMILES string of the molecule is C=C(N=C(CCC)CCC(=O)OC)c1ccc(F)c(C)c1. The van der Waals surface area contributed by atoms with Gasteiger partial charge >= 0.3 is 5.97 Å². The number of hydrogen-bond acceptors (Lipinski definition) is 3. The van der Waals surface area contributed by atoms with Crippen molar-refractivity contribution in [3.05, 3.63) is 41.7 Å². The smallest absolute Gasteiger partial charge is 0.305 e.